The molecule has 0 radical (unpaired) electrons. The molecule has 5 heteroatoms. The minimum absolute atomic E-state index is 0.286. The maximum Gasteiger partial charge on any atom is 0.185 e. The molecule has 0 aromatic carbocycles. The number of aromatic nitrogens is 1. The van der Waals surface area contributed by atoms with E-state index in [1.165, 1.54) is 23.7 Å². The van der Waals surface area contributed by atoms with Crippen molar-refractivity contribution in [3.8, 4) is 0 Å². The van der Waals surface area contributed by atoms with Gasteiger partial charge in [0.2, 0.25) is 0 Å². The minimum atomic E-state index is 0.286. The number of thiazole rings is 1. The topological polar surface area (TPSA) is 31.4 Å². The Bertz CT molecular complexity index is 439. The molecule has 1 aromatic rings. The summed E-state index contributed by atoms with van der Waals surface area (Å²) in [6.07, 6.45) is 2.68. The first-order chi connectivity index (χ1) is 9.52. The van der Waals surface area contributed by atoms with Gasteiger partial charge in [-0.25, -0.2) is 4.98 Å². The lowest BCUT2D eigenvalue weighted by Crippen LogP contribution is -2.53. The van der Waals surface area contributed by atoms with Crippen LogP contribution < -0.4 is 10.2 Å². The fourth-order valence-electron chi connectivity index (χ4n) is 2.63. The molecule has 0 unspecified atom stereocenters. The van der Waals surface area contributed by atoms with Crippen LogP contribution in [0.4, 0.5) is 5.13 Å². The van der Waals surface area contributed by atoms with E-state index >= 15 is 0 Å². The van der Waals surface area contributed by atoms with Crippen molar-refractivity contribution in [2.24, 2.45) is 0 Å². The highest BCUT2D eigenvalue weighted by atomic mass is 32.1. The lowest BCUT2D eigenvalue weighted by Gasteiger charge is -2.42. The van der Waals surface area contributed by atoms with Gasteiger partial charge in [0.25, 0.3) is 0 Å². The van der Waals surface area contributed by atoms with Gasteiger partial charge in [-0.3, -0.25) is 4.90 Å². The van der Waals surface area contributed by atoms with Crippen LogP contribution >= 0.6 is 11.3 Å². The number of hydrogen-bond acceptors (Lipinski definition) is 5. The van der Waals surface area contributed by atoms with Crippen LogP contribution in [0.5, 0.6) is 0 Å². The molecule has 20 heavy (non-hydrogen) atoms. The van der Waals surface area contributed by atoms with Crippen molar-refractivity contribution in [3.05, 3.63) is 11.1 Å². The van der Waals surface area contributed by atoms with Crippen molar-refractivity contribution in [1.29, 1.82) is 0 Å². The zero-order valence-electron chi connectivity index (χ0n) is 12.9. The Labute approximate surface area is 126 Å². The third-order valence-electron chi connectivity index (χ3n) is 4.19. The quantitative estimate of drug-likeness (QED) is 0.923. The molecule has 0 spiro atoms. The van der Waals surface area contributed by atoms with E-state index < -0.39 is 0 Å². The van der Waals surface area contributed by atoms with Crippen molar-refractivity contribution in [3.63, 3.8) is 0 Å². The number of rotatable bonds is 4. The summed E-state index contributed by atoms with van der Waals surface area (Å²) < 4.78 is 0. The summed E-state index contributed by atoms with van der Waals surface area (Å²) in [5, 5.41) is 6.94. The van der Waals surface area contributed by atoms with Crippen LogP contribution in [0.15, 0.2) is 5.38 Å². The van der Waals surface area contributed by atoms with Gasteiger partial charge in [-0.15, -0.1) is 11.3 Å². The van der Waals surface area contributed by atoms with Crippen LogP contribution in [0.25, 0.3) is 0 Å². The first-order valence-electron chi connectivity index (χ1n) is 7.70. The van der Waals surface area contributed by atoms with E-state index in [0.717, 1.165) is 38.8 Å². The lowest BCUT2D eigenvalue weighted by atomic mass is 10.1. The molecule has 1 aliphatic heterocycles. The zero-order chi connectivity index (χ0) is 14.2. The SMILES string of the molecule is CC(C)(C)N1CCN(c2nc(CNC3CC3)cs2)CC1. The predicted molar refractivity (Wildman–Crippen MR) is 85.5 cm³/mol. The van der Waals surface area contributed by atoms with Crippen molar-refractivity contribution < 1.29 is 0 Å². The molecule has 1 saturated heterocycles. The van der Waals surface area contributed by atoms with Gasteiger partial charge in [0.1, 0.15) is 0 Å². The molecule has 112 valence electrons. The number of anilines is 1. The van der Waals surface area contributed by atoms with Crippen molar-refractivity contribution in [1.82, 2.24) is 15.2 Å². The second-order valence-corrected chi connectivity index (χ2v) is 7.76. The molecule has 0 atom stereocenters. The highest BCUT2D eigenvalue weighted by molar-refractivity contribution is 7.13. The zero-order valence-corrected chi connectivity index (χ0v) is 13.7. The summed E-state index contributed by atoms with van der Waals surface area (Å²) in [6.45, 7) is 12.3. The van der Waals surface area contributed by atoms with Crippen LogP contribution in [0.2, 0.25) is 0 Å². The molecule has 3 rings (SSSR count). The second-order valence-electron chi connectivity index (χ2n) is 6.92. The highest BCUT2D eigenvalue weighted by Crippen LogP contribution is 2.25. The first-order valence-corrected chi connectivity index (χ1v) is 8.58. The Balaban J connectivity index is 1.52. The van der Waals surface area contributed by atoms with Gasteiger partial charge in [0.15, 0.2) is 5.13 Å². The Morgan fingerprint density at radius 3 is 2.55 bits per heavy atom. The average Bonchev–Trinajstić information content (AvgIpc) is 3.13. The number of hydrogen-bond donors (Lipinski definition) is 1. The first kappa shape index (κ1) is 14.3. The molecule has 1 aromatic heterocycles. The minimum Gasteiger partial charge on any atom is -0.346 e. The highest BCUT2D eigenvalue weighted by Gasteiger charge is 2.27. The summed E-state index contributed by atoms with van der Waals surface area (Å²) in [5.41, 5.74) is 1.49. The maximum absolute atomic E-state index is 4.78. The van der Waals surface area contributed by atoms with Crippen LogP contribution in [0, 0.1) is 0 Å². The van der Waals surface area contributed by atoms with E-state index in [9.17, 15) is 0 Å². The third kappa shape index (κ3) is 3.51. The molecule has 2 fully saturated rings. The Hall–Kier alpha value is -0.650. The fraction of sp³-hybridized carbons (Fsp3) is 0.800. The van der Waals surface area contributed by atoms with Crippen molar-refractivity contribution >= 4 is 16.5 Å². The molecule has 2 aliphatic rings. The van der Waals surface area contributed by atoms with E-state index in [2.05, 4.69) is 41.3 Å². The molecular formula is C15H26N4S. The van der Waals surface area contributed by atoms with E-state index in [0.29, 0.717) is 0 Å². The van der Waals surface area contributed by atoms with Gasteiger partial charge in [-0.1, -0.05) is 0 Å². The maximum atomic E-state index is 4.78. The molecule has 2 heterocycles. The molecule has 1 N–H and O–H groups in total. The summed E-state index contributed by atoms with van der Waals surface area (Å²) in [7, 11) is 0. The van der Waals surface area contributed by atoms with E-state index in [1.54, 1.807) is 11.3 Å². The largest absolute Gasteiger partial charge is 0.346 e. The lowest BCUT2D eigenvalue weighted by molar-refractivity contribution is 0.128. The molecule has 0 amide bonds. The van der Waals surface area contributed by atoms with E-state index in [-0.39, 0.29) is 5.54 Å². The Morgan fingerprint density at radius 1 is 1.25 bits per heavy atom. The molecule has 1 saturated carbocycles. The predicted octanol–water partition coefficient (Wildman–Crippen LogP) is 2.32. The van der Waals surface area contributed by atoms with Crippen LogP contribution in [-0.2, 0) is 6.54 Å². The Kier molecular flexibility index (Phi) is 4.02. The van der Waals surface area contributed by atoms with Gasteiger partial charge in [-0.2, -0.15) is 0 Å². The van der Waals surface area contributed by atoms with Gasteiger partial charge in [0, 0.05) is 49.7 Å². The van der Waals surface area contributed by atoms with Gasteiger partial charge in [0.05, 0.1) is 5.69 Å². The molecular weight excluding hydrogens is 268 g/mol. The van der Waals surface area contributed by atoms with Crippen LogP contribution in [0.3, 0.4) is 0 Å². The van der Waals surface area contributed by atoms with Crippen LogP contribution in [0.1, 0.15) is 39.3 Å². The normalized spacial score (nSPS) is 21.4. The van der Waals surface area contributed by atoms with Crippen LogP contribution in [-0.4, -0.2) is 47.6 Å². The van der Waals surface area contributed by atoms with E-state index in [4.69, 9.17) is 4.98 Å². The number of nitrogens with zero attached hydrogens (tertiary/aromatic N) is 3. The van der Waals surface area contributed by atoms with E-state index in [1.807, 2.05) is 0 Å². The summed E-state index contributed by atoms with van der Waals surface area (Å²) in [6, 6.07) is 0.760. The molecule has 4 nitrogen and oxygen atoms in total. The second kappa shape index (κ2) is 5.62. The summed E-state index contributed by atoms with van der Waals surface area (Å²) >= 11 is 1.79. The fourth-order valence-corrected chi connectivity index (χ4v) is 3.51. The number of piperazine rings is 1. The van der Waals surface area contributed by atoms with Gasteiger partial charge in [-0.05, 0) is 33.6 Å². The Morgan fingerprint density at radius 2 is 1.95 bits per heavy atom. The smallest absolute Gasteiger partial charge is 0.185 e. The standard InChI is InChI=1S/C15H26N4S/c1-15(2,3)19-8-6-18(7-9-19)14-17-13(11-20-14)10-16-12-4-5-12/h11-12,16H,4-10H2,1-3H3. The molecule has 0 bridgehead atoms. The van der Waals surface area contributed by atoms with Crippen molar-refractivity contribution in [2.45, 2.75) is 51.7 Å². The molecule has 1 aliphatic carbocycles. The van der Waals surface area contributed by atoms with Crippen molar-refractivity contribution in [2.75, 3.05) is 31.1 Å². The summed E-state index contributed by atoms with van der Waals surface area (Å²) in [5.74, 6) is 0. The van der Waals surface area contributed by atoms with Gasteiger partial charge >= 0.3 is 0 Å². The summed E-state index contributed by atoms with van der Waals surface area (Å²) in [4.78, 5) is 9.78. The monoisotopic (exact) mass is 294 g/mol. The average molecular weight is 294 g/mol. The number of nitrogens with one attached hydrogen (secondary N) is 1. The third-order valence-corrected chi connectivity index (χ3v) is 5.14. The van der Waals surface area contributed by atoms with Gasteiger partial charge < -0.3 is 10.2 Å².